The minimum absolute atomic E-state index is 0.372. The van der Waals surface area contributed by atoms with Crippen LogP contribution >= 0.6 is 0 Å². The van der Waals surface area contributed by atoms with E-state index in [1.165, 1.54) is 0 Å². The van der Waals surface area contributed by atoms with Crippen molar-refractivity contribution in [3.63, 3.8) is 0 Å². The molecule has 0 aliphatic carbocycles. The molecule has 0 fully saturated rings. The van der Waals surface area contributed by atoms with E-state index in [4.69, 9.17) is 4.74 Å². The van der Waals surface area contributed by atoms with Crippen molar-refractivity contribution in [3.05, 3.63) is 59.7 Å². The van der Waals surface area contributed by atoms with Gasteiger partial charge < -0.3 is 14.7 Å². The maximum Gasteiger partial charge on any atom is 0.311 e. The number of para-hydroxylation sites is 1. The van der Waals surface area contributed by atoms with Gasteiger partial charge in [0.1, 0.15) is 5.75 Å². The number of rotatable bonds is 7. The van der Waals surface area contributed by atoms with E-state index < -0.39 is 11.9 Å². The molecular weight excluding hydrogens is 290 g/mol. The summed E-state index contributed by atoms with van der Waals surface area (Å²) in [5.41, 5.74) is 2.90. The van der Waals surface area contributed by atoms with Gasteiger partial charge in [-0.05, 0) is 42.7 Å². The molecule has 0 saturated carbocycles. The predicted octanol–water partition coefficient (Wildman–Crippen LogP) is 3.70. The van der Waals surface area contributed by atoms with Gasteiger partial charge in [0.25, 0.3) is 0 Å². The average Bonchev–Trinajstić information content (AvgIpc) is 2.53. The normalized spacial score (nSPS) is 11.8. The fraction of sp³-hybridized carbons (Fsp3) is 0.316. The number of hydrogen-bond donors (Lipinski definition) is 1. The Morgan fingerprint density at radius 2 is 1.78 bits per heavy atom. The van der Waals surface area contributed by atoms with E-state index in [9.17, 15) is 9.90 Å². The number of hydrogen-bond acceptors (Lipinski definition) is 3. The number of anilines is 1. The molecule has 122 valence electrons. The van der Waals surface area contributed by atoms with Crippen molar-refractivity contribution >= 4 is 11.7 Å². The van der Waals surface area contributed by atoms with Crippen molar-refractivity contribution in [2.75, 3.05) is 25.6 Å². The molecule has 0 aliphatic heterocycles. The Bertz CT molecular complexity index is 650. The molecule has 0 amide bonds. The molecular formula is C19H23NO3. The fourth-order valence-corrected chi connectivity index (χ4v) is 2.44. The third kappa shape index (κ3) is 4.49. The lowest BCUT2D eigenvalue weighted by atomic mass is 9.96. The number of nitrogens with zero attached hydrogens (tertiary/aromatic N) is 1. The first-order valence-corrected chi connectivity index (χ1v) is 7.67. The molecule has 2 aromatic carbocycles. The summed E-state index contributed by atoms with van der Waals surface area (Å²) in [5.74, 6) is -0.578. The van der Waals surface area contributed by atoms with Crippen molar-refractivity contribution in [2.45, 2.75) is 19.3 Å². The highest BCUT2D eigenvalue weighted by Crippen LogP contribution is 2.24. The number of aryl methyl sites for hydroxylation is 1. The SMILES string of the molecule is Cc1ccccc1OCCC(C(=O)O)c1ccc(N(C)C)cc1. The van der Waals surface area contributed by atoms with Crippen LogP contribution in [0.1, 0.15) is 23.5 Å². The first-order valence-electron chi connectivity index (χ1n) is 7.67. The highest BCUT2D eigenvalue weighted by atomic mass is 16.5. The van der Waals surface area contributed by atoms with E-state index in [1.807, 2.05) is 74.4 Å². The molecule has 1 unspecified atom stereocenters. The molecule has 0 aliphatic rings. The maximum absolute atomic E-state index is 11.6. The van der Waals surface area contributed by atoms with Crippen LogP contribution in [0.15, 0.2) is 48.5 Å². The Labute approximate surface area is 137 Å². The standard InChI is InChI=1S/C19H23NO3/c1-14-6-4-5-7-18(14)23-13-12-17(19(21)22)15-8-10-16(11-9-15)20(2)3/h4-11,17H,12-13H2,1-3H3,(H,21,22). The molecule has 2 aromatic rings. The molecule has 0 heterocycles. The minimum Gasteiger partial charge on any atom is -0.493 e. The largest absolute Gasteiger partial charge is 0.493 e. The number of carboxylic acids is 1. The Morgan fingerprint density at radius 1 is 1.13 bits per heavy atom. The summed E-state index contributed by atoms with van der Waals surface area (Å²) in [5, 5.41) is 9.49. The van der Waals surface area contributed by atoms with Gasteiger partial charge in [-0.15, -0.1) is 0 Å². The first kappa shape index (κ1) is 16.9. The molecule has 23 heavy (non-hydrogen) atoms. The molecule has 2 rings (SSSR count). The second kappa shape index (κ2) is 7.68. The van der Waals surface area contributed by atoms with E-state index in [2.05, 4.69) is 0 Å². The molecule has 1 atom stereocenters. The quantitative estimate of drug-likeness (QED) is 0.847. The second-order valence-corrected chi connectivity index (χ2v) is 5.78. The zero-order chi connectivity index (χ0) is 16.8. The molecule has 0 radical (unpaired) electrons. The van der Waals surface area contributed by atoms with E-state index in [1.54, 1.807) is 0 Å². The zero-order valence-electron chi connectivity index (χ0n) is 13.8. The van der Waals surface area contributed by atoms with Gasteiger partial charge in [0, 0.05) is 19.8 Å². The summed E-state index contributed by atoms with van der Waals surface area (Å²) in [7, 11) is 3.92. The lowest BCUT2D eigenvalue weighted by Gasteiger charge is -2.17. The smallest absolute Gasteiger partial charge is 0.311 e. The Balaban J connectivity index is 2.01. The van der Waals surface area contributed by atoms with E-state index in [-0.39, 0.29) is 0 Å². The van der Waals surface area contributed by atoms with Gasteiger partial charge in [0.2, 0.25) is 0 Å². The Morgan fingerprint density at radius 3 is 2.35 bits per heavy atom. The van der Waals surface area contributed by atoms with Crippen molar-refractivity contribution in [2.24, 2.45) is 0 Å². The highest BCUT2D eigenvalue weighted by Gasteiger charge is 2.20. The minimum atomic E-state index is -0.823. The van der Waals surface area contributed by atoms with E-state index in [0.29, 0.717) is 13.0 Å². The Kier molecular flexibility index (Phi) is 5.63. The second-order valence-electron chi connectivity index (χ2n) is 5.78. The van der Waals surface area contributed by atoms with E-state index >= 15 is 0 Å². The molecule has 0 aromatic heterocycles. The number of ether oxygens (including phenoxy) is 1. The van der Waals surface area contributed by atoms with Crippen LogP contribution in [0.2, 0.25) is 0 Å². The third-order valence-corrected chi connectivity index (χ3v) is 3.87. The zero-order valence-corrected chi connectivity index (χ0v) is 13.8. The number of benzene rings is 2. The van der Waals surface area contributed by atoms with Gasteiger partial charge in [-0.25, -0.2) is 0 Å². The summed E-state index contributed by atoms with van der Waals surface area (Å²) in [6.45, 7) is 2.35. The van der Waals surface area contributed by atoms with E-state index in [0.717, 1.165) is 22.6 Å². The van der Waals surface area contributed by atoms with Crippen LogP contribution in [0.3, 0.4) is 0 Å². The van der Waals surface area contributed by atoms with Crippen LogP contribution < -0.4 is 9.64 Å². The molecule has 1 N–H and O–H groups in total. The van der Waals surface area contributed by atoms with Gasteiger partial charge in [-0.3, -0.25) is 4.79 Å². The van der Waals surface area contributed by atoms with Crippen molar-refractivity contribution < 1.29 is 14.6 Å². The number of aliphatic carboxylic acids is 1. The summed E-state index contributed by atoms with van der Waals surface area (Å²) in [6, 6.07) is 15.4. The van der Waals surface area contributed by atoms with Crippen LogP contribution in [0.4, 0.5) is 5.69 Å². The van der Waals surface area contributed by atoms with Gasteiger partial charge in [-0.1, -0.05) is 30.3 Å². The average molecular weight is 313 g/mol. The highest BCUT2D eigenvalue weighted by molar-refractivity contribution is 5.76. The van der Waals surface area contributed by atoms with Gasteiger partial charge in [-0.2, -0.15) is 0 Å². The van der Waals surface area contributed by atoms with Crippen LogP contribution in [0.5, 0.6) is 5.75 Å². The third-order valence-electron chi connectivity index (χ3n) is 3.87. The summed E-state index contributed by atoms with van der Waals surface area (Å²) < 4.78 is 5.73. The molecule has 4 heteroatoms. The Hall–Kier alpha value is -2.49. The number of carboxylic acid groups (broad SMARTS) is 1. The number of carbonyl (C=O) groups is 1. The maximum atomic E-state index is 11.6. The van der Waals surface area contributed by atoms with Crippen molar-refractivity contribution in [1.29, 1.82) is 0 Å². The van der Waals surface area contributed by atoms with Gasteiger partial charge >= 0.3 is 5.97 Å². The molecule has 4 nitrogen and oxygen atoms in total. The molecule has 0 saturated heterocycles. The molecule has 0 bridgehead atoms. The van der Waals surface area contributed by atoms with Crippen LogP contribution in [-0.2, 0) is 4.79 Å². The van der Waals surface area contributed by atoms with Gasteiger partial charge in [0.05, 0.1) is 12.5 Å². The van der Waals surface area contributed by atoms with Crippen LogP contribution in [0.25, 0.3) is 0 Å². The van der Waals surface area contributed by atoms with Crippen molar-refractivity contribution in [1.82, 2.24) is 0 Å². The summed E-state index contributed by atoms with van der Waals surface area (Å²) in [6.07, 6.45) is 0.435. The van der Waals surface area contributed by atoms with Crippen molar-refractivity contribution in [3.8, 4) is 5.75 Å². The van der Waals surface area contributed by atoms with Gasteiger partial charge in [0.15, 0.2) is 0 Å². The molecule has 0 spiro atoms. The topological polar surface area (TPSA) is 49.8 Å². The summed E-state index contributed by atoms with van der Waals surface area (Å²) in [4.78, 5) is 13.5. The van der Waals surface area contributed by atoms with Crippen LogP contribution in [-0.4, -0.2) is 31.8 Å². The predicted molar refractivity (Wildman–Crippen MR) is 92.4 cm³/mol. The lowest BCUT2D eigenvalue weighted by molar-refractivity contribution is -0.139. The lowest BCUT2D eigenvalue weighted by Crippen LogP contribution is -2.16. The summed E-state index contributed by atoms with van der Waals surface area (Å²) >= 11 is 0. The monoisotopic (exact) mass is 313 g/mol. The van der Waals surface area contributed by atoms with Crippen LogP contribution in [0, 0.1) is 6.92 Å². The fourth-order valence-electron chi connectivity index (χ4n) is 2.44. The first-order chi connectivity index (χ1) is 11.0.